The molecule has 1 nitrogen and oxygen atoms in total. The van der Waals surface area contributed by atoms with E-state index in [0.717, 1.165) is 10.6 Å². The standard InChI is InChI=1S/C24H21BrNP/c25-21-16-20(17-26-18-21)19-27(22-10-4-1-5-11-22,23-12-6-2-7-13-23)24-14-8-3-9-15-24/h1-18,27H,19H2. The minimum atomic E-state index is -2.25. The Morgan fingerprint density at radius 2 is 1.07 bits per heavy atom. The van der Waals surface area contributed by atoms with Gasteiger partial charge in [-0.3, -0.25) is 0 Å². The average molecular weight is 434 g/mol. The number of rotatable bonds is 5. The summed E-state index contributed by atoms with van der Waals surface area (Å²) in [6.45, 7) is 0. The zero-order chi connectivity index (χ0) is 18.5. The van der Waals surface area contributed by atoms with Crippen LogP contribution in [-0.4, -0.2) is 4.98 Å². The molecule has 0 radical (unpaired) electrons. The molecule has 0 aliphatic rings. The van der Waals surface area contributed by atoms with E-state index in [-0.39, 0.29) is 0 Å². The van der Waals surface area contributed by atoms with Crippen LogP contribution in [0.3, 0.4) is 0 Å². The molecule has 134 valence electrons. The van der Waals surface area contributed by atoms with Crippen molar-refractivity contribution < 1.29 is 0 Å². The Morgan fingerprint density at radius 1 is 0.630 bits per heavy atom. The third-order valence-corrected chi connectivity index (χ3v) is 10.4. The number of pyridine rings is 1. The molecular weight excluding hydrogens is 413 g/mol. The van der Waals surface area contributed by atoms with E-state index < -0.39 is 7.26 Å². The van der Waals surface area contributed by atoms with Crippen LogP contribution in [0.25, 0.3) is 0 Å². The van der Waals surface area contributed by atoms with Crippen molar-refractivity contribution in [3.8, 4) is 0 Å². The van der Waals surface area contributed by atoms with Gasteiger partial charge in [0, 0.05) is 0 Å². The SMILES string of the molecule is Brc1cncc(C[PH](c2ccccc2)(c2ccccc2)c2ccccc2)c1. The predicted octanol–water partition coefficient (Wildman–Crippen LogP) is 5.07. The normalized spacial score (nSPS) is 11.9. The van der Waals surface area contributed by atoms with Crippen molar-refractivity contribution in [3.63, 3.8) is 0 Å². The van der Waals surface area contributed by atoms with Crippen molar-refractivity contribution in [2.24, 2.45) is 0 Å². The summed E-state index contributed by atoms with van der Waals surface area (Å²) in [7, 11) is -2.25. The van der Waals surface area contributed by atoms with E-state index in [4.69, 9.17) is 0 Å². The fourth-order valence-corrected chi connectivity index (χ4v) is 8.95. The van der Waals surface area contributed by atoms with E-state index in [1.807, 2.05) is 12.4 Å². The quantitative estimate of drug-likeness (QED) is 0.400. The van der Waals surface area contributed by atoms with Crippen LogP contribution in [-0.2, 0) is 6.16 Å². The van der Waals surface area contributed by atoms with Crippen molar-refractivity contribution in [3.05, 3.63) is 119 Å². The molecule has 27 heavy (non-hydrogen) atoms. The van der Waals surface area contributed by atoms with Gasteiger partial charge in [-0.05, 0) is 0 Å². The molecule has 0 saturated carbocycles. The second kappa shape index (κ2) is 8.17. The van der Waals surface area contributed by atoms with Crippen LogP contribution >= 0.6 is 23.2 Å². The maximum atomic E-state index is 4.42. The molecular formula is C24H21BrNP. The first kappa shape index (κ1) is 18.1. The molecule has 0 aliphatic carbocycles. The first-order valence-electron chi connectivity index (χ1n) is 9.05. The molecule has 0 spiro atoms. The summed E-state index contributed by atoms with van der Waals surface area (Å²) in [6.07, 6.45) is 4.82. The topological polar surface area (TPSA) is 12.9 Å². The number of hydrogen-bond acceptors (Lipinski definition) is 1. The summed E-state index contributed by atoms with van der Waals surface area (Å²) in [5, 5.41) is 4.26. The van der Waals surface area contributed by atoms with Gasteiger partial charge in [-0.25, -0.2) is 0 Å². The third-order valence-electron chi connectivity index (χ3n) is 5.03. The van der Waals surface area contributed by atoms with Crippen molar-refractivity contribution in [1.29, 1.82) is 0 Å². The number of halogens is 1. The Morgan fingerprint density at radius 3 is 1.48 bits per heavy atom. The van der Waals surface area contributed by atoms with Gasteiger partial charge in [-0.2, -0.15) is 0 Å². The first-order chi connectivity index (χ1) is 13.3. The molecule has 4 rings (SSSR count). The van der Waals surface area contributed by atoms with Crippen LogP contribution in [0.5, 0.6) is 0 Å². The van der Waals surface area contributed by atoms with Gasteiger partial charge < -0.3 is 0 Å². The van der Waals surface area contributed by atoms with Crippen LogP contribution in [0, 0.1) is 0 Å². The molecule has 1 aromatic heterocycles. The maximum absolute atomic E-state index is 4.42. The van der Waals surface area contributed by atoms with E-state index in [1.165, 1.54) is 21.5 Å². The molecule has 0 atom stereocenters. The minimum absolute atomic E-state index is 0.970. The molecule has 0 bridgehead atoms. The first-order valence-corrected chi connectivity index (χ1v) is 12.0. The molecule has 3 heteroatoms. The second-order valence-electron chi connectivity index (χ2n) is 6.69. The summed E-state index contributed by atoms with van der Waals surface area (Å²) < 4.78 is 1.03. The van der Waals surface area contributed by atoms with Gasteiger partial charge >= 0.3 is 170 Å². The van der Waals surface area contributed by atoms with Crippen molar-refractivity contribution in [2.45, 2.75) is 6.16 Å². The molecule has 0 fully saturated rings. The number of nitrogens with zero attached hydrogens (tertiary/aromatic N) is 1. The summed E-state index contributed by atoms with van der Waals surface area (Å²) in [5.74, 6) is 0. The van der Waals surface area contributed by atoms with Gasteiger partial charge in [0.05, 0.1) is 0 Å². The molecule has 4 aromatic rings. The van der Waals surface area contributed by atoms with Gasteiger partial charge in [-0.15, -0.1) is 0 Å². The van der Waals surface area contributed by atoms with Crippen molar-refractivity contribution in [2.75, 3.05) is 0 Å². The van der Waals surface area contributed by atoms with E-state index >= 15 is 0 Å². The molecule has 1 heterocycles. The summed E-state index contributed by atoms with van der Waals surface area (Å²) in [5.41, 5.74) is 1.26. The van der Waals surface area contributed by atoms with E-state index in [2.05, 4.69) is 118 Å². The Hall–Kier alpha value is -2.28. The molecule has 0 unspecified atom stereocenters. The van der Waals surface area contributed by atoms with Gasteiger partial charge in [0.2, 0.25) is 0 Å². The van der Waals surface area contributed by atoms with Gasteiger partial charge in [0.1, 0.15) is 0 Å². The fourth-order valence-electron chi connectivity index (χ4n) is 3.83. The van der Waals surface area contributed by atoms with Crippen LogP contribution in [0.4, 0.5) is 0 Å². The second-order valence-corrected chi connectivity index (χ2v) is 11.5. The number of benzene rings is 3. The molecule has 3 aromatic carbocycles. The van der Waals surface area contributed by atoms with E-state index in [9.17, 15) is 0 Å². The van der Waals surface area contributed by atoms with Crippen molar-refractivity contribution >= 4 is 39.1 Å². The van der Waals surface area contributed by atoms with Gasteiger partial charge in [0.15, 0.2) is 0 Å². The van der Waals surface area contributed by atoms with Crippen LogP contribution in [0.15, 0.2) is 114 Å². The predicted molar refractivity (Wildman–Crippen MR) is 122 cm³/mol. The molecule has 0 aliphatic heterocycles. The molecule has 0 saturated heterocycles. The fraction of sp³-hybridized carbons (Fsp3) is 0.0417. The Kier molecular flexibility index (Phi) is 5.48. The number of hydrogen-bond donors (Lipinski definition) is 0. The summed E-state index contributed by atoms with van der Waals surface area (Å²) >= 11 is 3.59. The Bertz CT molecular complexity index is 907. The monoisotopic (exact) mass is 433 g/mol. The van der Waals surface area contributed by atoms with Crippen LogP contribution in [0.2, 0.25) is 0 Å². The van der Waals surface area contributed by atoms with Crippen molar-refractivity contribution in [1.82, 2.24) is 4.98 Å². The third kappa shape index (κ3) is 3.74. The number of aromatic nitrogens is 1. The average Bonchev–Trinajstić information content (AvgIpc) is 2.74. The molecule has 0 N–H and O–H groups in total. The molecule has 0 amide bonds. The summed E-state index contributed by atoms with van der Waals surface area (Å²) in [6, 6.07) is 35.2. The van der Waals surface area contributed by atoms with Crippen LogP contribution < -0.4 is 15.9 Å². The van der Waals surface area contributed by atoms with Crippen LogP contribution in [0.1, 0.15) is 5.56 Å². The Labute approximate surface area is 169 Å². The Balaban J connectivity index is 2.00. The van der Waals surface area contributed by atoms with E-state index in [1.54, 1.807) is 0 Å². The van der Waals surface area contributed by atoms with Gasteiger partial charge in [-0.1, -0.05) is 0 Å². The van der Waals surface area contributed by atoms with E-state index in [0.29, 0.717) is 0 Å². The zero-order valence-electron chi connectivity index (χ0n) is 14.9. The summed E-state index contributed by atoms with van der Waals surface area (Å²) in [4.78, 5) is 4.42. The zero-order valence-corrected chi connectivity index (χ0v) is 17.5. The van der Waals surface area contributed by atoms with Gasteiger partial charge in [0.25, 0.3) is 0 Å².